The number of rotatable bonds is 4. The van der Waals surface area contributed by atoms with Gasteiger partial charge < -0.3 is 5.32 Å². The van der Waals surface area contributed by atoms with E-state index in [9.17, 15) is 9.59 Å². The van der Waals surface area contributed by atoms with Crippen molar-refractivity contribution in [3.05, 3.63) is 70.5 Å². The first kappa shape index (κ1) is 14.6. The minimum atomic E-state index is -0.365. The molecule has 0 aromatic carbocycles. The van der Waals surface area contributed by atoms with E-state index in [-0.39, 0.29) is 23.7 Å². The van der Waals surface area contributed by atoms with Gasteiger partial charge >= 0.3 is 0 Å². The van der Waals surface area contributed by atoms with E-state index in [2.05, 4.69) is 20.5 Å². The fourth-order valence-corrected chi connectivity index (χ4v) is 2.06. The standard InChI is InChI=1S/C15H14N6O2/c1-20-13(22)6-5-12(19-20)15(23)17-10-11-4-2-7-16-14(11)21-9-3-8-18-21/h2-9H,10H2,1H3,(H,17,23). The van der Waals surface area contributed by atoms with Crippen LogP contribution in [-0.4, -0.2) is 30.5 Å². The average molecular weight is 310 g/mol. The fourth-order valence-electron chi connectivity index (χ4n) is 2.06. The molecule has 3 heterocycles. The number of amides is 1. The summed E-state index contributed by atoms with van der Waals surface area (Å²) in [6.45, 7) is 0.270. The zero-order chi connectivity index (χ0) is 16.2. The SMILES string of the molecule is Cn1nc(C(=O)NCc2cccnc2-n2cccn2)ccc1=O. The van der Waals surface area contributed by atoms with Crippen molar-refractivity contribution in [2.75, 3.05) is 0 Å². The number of hydrogen-bond acceptors (Lipinski definition) is 5. The molecule has 8 heteroatoms. The van der Waals surface area contributed by atoms with Crippen LogP contribution in [0, 0.1) is 0 Å². The molecule has 0 fully saturated rings. The monoisotopic (exact) mass is 310 g/mol. The molecule has 3 aromatic rings. The van der Waals surface area contributed by atoms with Gasteiger partial charge in [0.1, 0.15) is 5.69 Å². The van der Waals surface area contributed by atoms with Gasteiger partial charge in [-0.3, -0.25) is 9.59 Å². The van der Waals surface area contributed by atoms with E-state index in [4.69, 9.17) is 0 Å². The molecule has 116 valence electrons. The summed E-state index contributed by atoms with van der Waals surface area (Å²) in [5.41, 5.74) is 0.723. The molecule has 0 unspecified atom stereocenters. The third-order valence-electron chi connectivity index (χ3n) is 3.22. The summed E-state index contributed by atoms with van der Waals surface area (Å²) in [7, 11) is 1.50. The predicted molar refractivity (Wildman–Crippen MR) is 82.0 cm³/mol. The van der Waals surface area contributed by atoms with Crippen molar-refractivity contribution in [3.63, 3.8) is 0 Å². The van der Waals surface area contributed by atoms with Gasteiger partial charge in [-0.25, -0.2) is 14.3 Å². The second-order valence-electron chi connectivity index (χ2n) is 4.80. The minimum absolute atomic E-state index is 0.177. The summed E-state index contributed by atoms with van der Waals surface area (Å²) in [4.78, 5) is 27.7. The molecular formula is C15H14N6O2. The molecule has 1 amide bonds. The number of aromatic nitrogens is 5. The van der Waals surface area contributed by atoms with Crippen LogP contribution in [0.4, 0.5) is 0 Å². The lowest BCUT2D eigenvalue weighted by molar-refractivity contribution is 0.0943. The van der Waals surface area contributed by atoms with E-state index in [0.29, 0.717) is 5.82 Å². The Bertz CT molecular complexity index is 885. The number of hydrogen-bond donors (Lipinski definition) is 1. The van der Waals surface area contributed by atoms with Crippen molar-refractivity contribution in [2.45, 2.75) is 6.54 Å². The van der Waals surface area contributed by atoms with Crippen LogP contribution >= 0.6 is 0 Å². The number of aryl methyl sites for hydroxylation is 1. The average Bonchev–Trinajstić information content (AvgIpc) is 3.10. The summed E-state index contributed by atoms with van der Waals surface area (Å²) < 4.78 is 2.75. The molecule has 23 heavy (non-hydrogen) atoms. The third kappa shape index (κ3) is 3.15. The van der Waals surface area contributed by atoms with Crippen molar-refractivity contribution < 1.29 is 4.79 Å². The van der Waals surface area contributed by atoms with Gasteiger partial charge in [-0.1, -0.05) is 6.07 Å². The van der Waals surface area contributed by atoms with Gasteiger partial charge in [-0.2, -0.15) is 10.2 Å². The molecule has 8 nitrogen and oxygen atoms in total. The smallest absolute Gasteiger partial charge is 0.271 e. The lowest BCUT2D eigenvalue weighted by Crippen LogP contribution is -2.28. The van der Waals surface area contributed by atoms with Crippen LogP contribution in [0.25, 0.3) is 5.82 Å². The summed E-state index contributed by atoms with van der Waals surface area (Å²) in [6.07, 6.45) is 5.10. The molecule has 0 saturated heterocycles. The van der Waals surface area contributed by atoms with Gasteiger partial charge in [-0.15, -0.1) is 0 Å². The predicted octanol–water partition coefficient (Wildman–Crippen LogP) is 0.291. The molecule has 0 spiro atoms. The molecule has 0 atom stereocenters. The van der Waals surface area contributed by atoms with Crippen LogP contribution < -0.4 is 10.9 Å². The Morgan fingerprint density at radius 1 is 1.22 bits per heavy atom. The van der Waals surface area contributed by atoms with Crippen LogP contribution in [-0.2, 0) is 13.6 Å². The number of carbonyl (C=O) groups excluding carboxylic acids is 1. The molecule has 0 radical (unpaired) electrons. The molecule has 0 saturated carbocycles. The fraction of sp³-hybridized carbons (Fsp3) is 0.133. The van der Waals surface area contributed by atoms with E-state index in [1.807, 2.05) is 6.07 Å². The Kier molecular flexibility index (Phi) is 3.96. The molecule has 3 aromatic heterocycles. The maximum absolute atomic E-state index is 12.1. The van der Waals surface area contributed by atoms with Gasteiger partial charge in [0.15, 0.2) is 5.82 Å². The zero-order valence-corrected chi connectivity index (χ0v) is 12.4. The number of carbonyl (C=O) groups is 1. The van der Waals surface area contributed by atoms with Crippen LogP contribution in [0.1, 0.15) is 16.1 Å². The maximum Gasteiger partial charge on any atom is 0.271 e. The molecule has 0 bridgehead atoms. The first-order valence-corrected chi connectivity index (χ1v) is 6.91. The lowest BCUT2D eigenvalue weighted by Gasteiger charge is -2.09. The topological polar surface area (TPSA) is 94.7 Å². The second kappa shape index (κ2) is 6.22. The Balaban J connectivity index is 1.77. The van der Waals surface area contributed by atoms with E-state index in [1.54, 1.807) is 35.4 Å². The van der Waals surface area contributed by atoms with Crippen LogP contribution in [0.3, 0.4) is 0 Å². The van der Waals surface area contributed by atoms with Gasteiger partial charge in [0.25, 0.3) is 11.5 Å². The molecule has 3 rings (SSSR count). The normalized spacial score (nSPS) is 10.5. The van der Waals surface area contributed by atoms with Crippen molar-refractivity contribution in [1.29, 1.82) is 0 Å². The van der Waals surface area contributed by atoms with E-state index in [0.717, 1.165) is 10.2 Å². The maximum atomic E-state index is 12.1. The van der Waals surface area contributed by atoms with Crippen LogP contribution in [0.5, 0.6) is 0 Å². The summed E-state index contributed by atoms with van der Waals surface area (Å²) in [5.74, 6) is 0.280. The van der Waals surface area contributed by atoms with Gasteiger partial charge in [0.05, 0.1) is 0 Å². The highest BCUT2D eigenvalue weighted by Gasteiger charge is 2.11. The van der Waals surface area contributed by atoms with Crippen molar-refractivity contribution in [2.24, 2.45) is 7.05 Å². The summed E-state index contributed by atoms with van der Waals surface area (Å²) in [5, 5.41) is 10.8. The third-order valence-corrected chi connectivity index (χ3v) is 3.22. The highest BCUT2D eigenvalue weighted by Crippen LogP contribution is 2.10. The summed E-state index contributed by atoms with van der Waals surface area (Å²) >= 11 is 0. The molecule has 0 aliphatic rings. The number of nitrogens with zero attached hydrogens (tertiary/aromatic N) is 5. The second-order valence-corrected chi connectivity index (χ2v) is 4.80. The first-order chi connectivity index (χ1) is 11.1. The first-order valence-electron chi connectivity index (χ1n) is 6.91. The Morgan fingerprint density at radius 2 is 2.09 bits per heavy atom. The quantitative estimate of drug-likeness (QED) is 0.747. The lowest BCUT2D eigenvalue weighted by atomic mass is 10.2. The number of pyridine rings is 1. The highest BCUT2D eigenvalue weighted by molar-refractivity contribution is 5.91. The largest absolute Gasteiger partial charge is 0.346 e. The molecule has 0 aliphatic heterocycles. The van der Waals surface area contributed by atoms with Gasteiger partial charge in [-0.05, 0) is 18.2 Å². The minimum Gasteiger partial charge on any atom is -0.346 e. The molecule has 0 aliphatic carbocycles. The Labute approximate surface area is 131 Å². The molecular weight excluding hydrogens is 296 g/mol. The Hall–Kier alpha value is -3.29. The van der Waals surface area contributed by atoms with E-state index < -0.39 is 0 Å². The van der Waals surface area contributed by atoms with Crippen molar-refractivity contribution in [1.82, 2.24) is 29.9 Å². The van der Waals surface area contributed by atoms with E-state index in [1.165, 1.54) is 19.2 Å². The van der Waals surface area contributed by atoms with Gasteiger partial charge in [0, 0.05) is 43.8 Å². The van der Waals surface area contributed by atoms with Crippen LogP contribution in [0.15, 0.2) is 53.7 Å². The zero-order valence-electron chi connectivity index (χ0n) is 12.4. The number of nitrogens with one attached hydrogen (secondary N) is 1. The highest BCUT2D eigenvalue weighted by atomic mass is 16.2. The van der Waals surface area contributed by atoms with Crippen molar-refractivity contribution in [3.8, 4) is 5.82 Å². The van der Waals surface area contributed by atoms with E-state index >= 15 is 0 Å². The summed E-state index contributed by atoms with van der Waals surface area (Å²) in [6, 6.07) is 8.15. The van der Waals surface area contributed by atoms with Crippen molar-refractivity contribution >= 4 is 5.91 Å². The molecule has 1 N–H and O–H groups in total. The Morgan fingerprint density at radius 3 is 2.83 bits per heavy atom. The van der Waals surface area contributed by atoms with Crippen LogP contribution in [0.2, 0.25) is 0 Å². The van der Waals surface area contributed by atoms with Gasteiger partial charge in [0.2, 0.25) is 0 Å².